The third kappa shape index (κ3) is 6.74. The van der Waals surface area contributed by atoms with Crippen molar-refractivity contribution >= 4 is 17.8 Å². The highest BCUT2D eigenvalue weighted by Gasteiger charge is 2.15. The quantitative estimate of drug-likeness (QED) is 0.656. The van der Waals surface area contributed by atoms with Gasteiger partial charge in [0.2, 0.25) is 5.91 Å². The number of carboxylic acids is 1. The lowest BCUT2D eigenvalue weighted by Gasteiger charge is -2.15. The molecule has 0 radical (unpaired) electrons. The minimum absolute atomic E-state index is 0.0275. The van der Waals surface area contributed by atoms with E-state index >= 15 is 0 Å². The largest absolute Gasteiger partial charge is 0.481 e. The Morgan fingerprint density at radius 2 is 1.95 bits per heavy atom. The maximum Gasteiger partial charge on any atom is 0.303 e. The van der Waals surface area contributed by atoms with E-state index in [1.165, 1.54) is 0 Å². The third-order valence-electron chi connectivity index (χ3n) is 2.79. The summed E-state index contributed by atoms with van der Waals surface area (Å²) in [5.41, 5.74) is 5.48. The zero-order valence-electron chi connectivity index (χ0n) is 12.6. The molecule has 0 aromatic heterocycles. The lowest BCUT2D eigenvalue weighted by molar-refractivity contribution is -0.137. The minimum atomic E-state index is -0.961. The molecule has 1 aromatic rings. The van der Waals surface area contributed by atoms with Crippen LogP contribution in [-0.2, 0) is 14.4 Å². The number of hydrazine groups is 1. The van der Waals surface area contributed by atoms with Crippen LogP contribution >= 0.6 is 0 Å². The van der Waals surface area contributed by atoms with Gasteiger partial charge in [-0.2, -0.15) is 0 Å². The fourth-order valence-electron chi connectivity index (χ4n) is 1.64. The minimum Gasteiger partial charge on any atom is -0.481 e. The Labute approximate surface area is 128 Å². The third-order valence-corrected chi connectivity index (χ3v) is 2.79. The molecular formula is C15H20N2O5. The summed E-state index contributed by atoms with van der Waals surface area (Å²) in [7, 11) is 0. The Hall–Kier alpha value is -2.57. The topological polar surface area (TPSA) is 105 Å². The summed E-state index contributed by atoms with van der Waals surface area (Å²) in [6.45, 7) is 3.48. The maximum atomic E-state index is 11.8. The van der Waals surface area contributed by atoms with Gasteiger partial charge in [0.25, 0.3) is 5.91 Å². The molecule has 0 unspecified atom stereocenters. The van der Waals surface area contributed by atoms with E-state index in [2.05, 4.69) is 10.9 Å². The summed E-state index contributed by atoms with van der Waals surface area (Å²) in [5, 5.41) is 8.46. The number of aryl methyl sites for hydroxylation is 1. The molecule has 0 aliphatic rings. The fourth-order valence-corrected chi connectivity index (χ4v) is 1.64. The van der Waals surface area contributed by atoms with Crippen molar-refractivity contribution in [3.05, 3.63) is 29.8 Å². The second-order valence-corrected chi connectivity index (χ2v) is 4.86. The van der Waals surface area contributed by atoms with Crippen LogP contribution in [0.4, 0.5) is 0 Å². The van der Waals surface area contributed by atoms with Gasteiger partial charge in [-0.3, -0.25) is 25.2 Å². The Morgan fingerprint density at radius 3 is 2.59 bits per heavy atom. The first-order valence-electron chi connectivity index (χ1n) is 6.92. The number of ether oxygens (including phenoxy) is 1. The predicted molar refractivity (Wildman–Crippen MR) is 79.0 cm³/mol. The van der Waals surface area contributed by atoms with Crippen LogP contribution in [0, 0.1) is 6.92 Å². The van der Waals surface area contributed by atoms with Crippen molar-refractivity contribution in [3.8, 4) is 5.75 Å². The molecule has 0 aliphatic carbocycles. The average Bonchev–Trinajstić information content (AvgIpc) is 2.44. The van der Waals surface area contributed by atoms with Gasteiger partial charge in [-0.25, -0.2) is 0 Å². The second kappa shape index (κ2) is 8.66. The first kappa shape index (κ1) is 17.5. The zero-order chi connectivity index (χ0) is 16.5. The van der Waals surface area contributed by atoms with E-state index in [1.807, 2.05) is 19.1 Å². The first-order valence-corrected chi connectivity index (χ1v) is 6.92. The number of hydrogen-bond acceptors (Lipinski definition) is 4. The van der Waals surface area contributed by atoms with E-state index in [1.54, 1.807) is 19.1 Å². The van der Waals surface area contributed by atoms with Crippen molar-refractivity contribution in [2.24, 2.45) is 0 Å². The van der Waals surface area contributed by atoms with E-state index in [0.717, 1.165) is 5.56 Å². The molecule has 0 heterocycles. The van der Waals surface area contributed by atoms with Crippen LogP contribution in [-0.4, -0.2) is 29.0 Å². The van der Waals surface area contributed by atoms with Crippen molar-refractivity contribution in [3.63, 3.8) is 0 Å². The van der Waals surface area contributed by atoms with Gasteiger partial charge in [-0.15, -0.1) is 0 Å². The lowest BCUT2D eigenvalue weighted by atomic mass is 10.2. The Balaban J connectivity index is 2.32. The van der Waals surface area contributed by atoms with Crippen LogP contribution < -0.4 is 15.6 Å². The van der Waals surface area contributed by atoms with E-state index in [0.29, 0.717) is 5.75 Å². The Bertz CT molecular complexity index is 544. The van der Waals surface area contributed by atoms with Gasteiger partial charge >= 0.3 is 5.97 Å². The second-order valence-electron chi connectivity index (χ2n) is 4.86. The van der Waals surface area contributed by atoms with E-state index in [4.69, 9.17) is 9.84 Å². The van der Waals surface area contributed by atoms with Crippen molar-refractivity contribution in [2.45, 2.75) is 39.2 Å². The molecule has 2 amide bonds. The average molecular weight is 308 g/mol. The summed E-state index contributed by atoms with van der Waals surface area (Å²) in [6, 6.07) is 7.27. The SMILES string of the molecule is Cc1cccc(O[C@H](C)C(=O)NNC(=O)CCCC(=O)O)c1. The molecule has 7 heteroatoms. The number of carbonyl (C=O) groups is 3. The van der Waals surface area contributed by atoms with Gasteiger partial charge in [-0.1, -0.05) is 12.1 Å². The van der Waals surface area contributed by atoms with Crippen LogP contribution in [0.1, 0.15) is 31.7 Å². The number of amides is 2. The molecular weight excluding hydrogens is 288 g/mol. The number of aliphatic carboxylic acids is 1. The molecule has 22 heavy (non-hydrogen) atoms. The number of carbonyl (C=O) groups excluding carboxylic acids is 2. The van der Waals surface area contributed by atoms with E-state index < -0.39 is 23.9 Å². The summed E-state index contributed by atoms with van der Waals surface area (Å²) < 4.78 is 5.46. The Morgan fingerprint density at radius 1 is 1.23 bits per heavy atom. The molecule has 0 saturated carbocycles. The summed E-state index contributed by atoms with van der Waals surface area (Å²) in [5.74, 6) is -1.34. The molecule has 3 N–H and O–H groups in total. The molecule has 120 valence electrons. The molecule has 1 rings (SSSR count). The van der Waals surface area contributed by atoms with Crippen LogP contribution in [0.3, 0.4) is 0 Å². The van der Waals surface area contributed by atoms with Crippen molar-refractivity contribution < 1.29 is 24.2 Å². The van der Waals surface area contributed by atoms with Crippen LogP contribution in [0.15, 0.2) is 24.3 Å². The van der Waals surface area contributed by atoms with E-state index in [9.17, 15) is 14.4 Å². The number of benzene rings is 1. The Kier molecular flexibility index (Phi) is 6.88. The molecule has 0 fully saturated rings. The molecule has 7 nitrogen and oxygen atoms in total. The zero-order valence-corrected chi connectivity index (χ0v) is 12.6. The molecule has 0 bridgehead atoms. The van der Waals surface area contributed by atoms with Gasteiger partial charge in [0.15, 0.2) is 6.10 Å². The number of hydrogen-bond donors (Lipinski definition) is 3. The highest BCUT2D eigenvalue weighted by atomic mass is 16.5. The highest BCUT2D eigenvalue weighted by molar-refractivity contribution is 5.84. The van der Waals surface area contributed by atoms with Gasteiger partial charge in [0, 0.05) is 12.8 Å². The standard InChI is InChI=1S/C15H20N2O5/c1-10-5-3-6-12(9-10)22-11(2)15(21)17-16-13(18)7-4-8-14(19)20/h3,5-6,9,11H,4,7-8H2,1-2H3,(H,16,18)(H,17,21)(H,19,20)/t11-/m1/s1. The summed E-state index contributed by atoms with van der Waals surface area (Å²) in [6.07, 6.45) is -0.624. The first-order chi connectivity index (χ1) is 10.4. The molecule has 0 saturated heterocycles. The van der Waals surface area contributed by atoms with Gasteiger partial charge < -0.3 is 9.84 Å². The van der Waals surface area contributed by atoms with Gasteiger partial charge in [0.1, 0.15) is 5.75 Å². The number of rotatable bonds is 7. The van der Waals surface area contributed by atoms with Crippen molar-refractivity contribution in [2.75, 3.05) is 0 Å². The smallest absolute Gasteiger partial charge is 0.303 e. The van der Waals surface area contributed by atoms with E-state index in [-0.39, 0.29) is 19.3 Å². The normalized spacial score (nSPS) is 11.4. The van der Waals surface area contributed by atoms with Crippen LogP contribution in [0.25, 0.3) is 0 Å². The van der Waals surface area contributed by atoms with Crippen LogP contribution in [0.2, 0.25) is 0 Å². The van der Waals surface area contributed by atoms with Gasteiger partial charge in [-0.05, 0) is 38.0 Å². The number of nitrogens with one attached hydrogen (secondary N) is 2. The molecule has 1 aromatic carbocycles. The molecule has 0 aliphatic heterocycles. The molecule has 0 spiro atoms. The fraction of sp³-hybridized carbons (Fsp3) is 0.400. The summed E-state index contributed by atoms with van der Waals surface area (Å²) in [4.78, 5) is 33.5. The maximum absolute atomic E-state index is 11.8. The molecule has 1 atom stereocenters. The predicted octanol–water partition coefficient (Wildman–Crippen LogP) is 1.16. The lowest BCUT2D eigenvalue weighted by Crippen LogP contribution is -2.47. The van der Waals surface area contributed by atoms with Crippen LogP contribution in [0.5, 0.6) is 5.75 Å². The highest BCUT2D eigenvalue weighted by Crippen LogP contribution is 2.14. The summed E-state index contributed by atoms with van der Waals surface area (Å²) >= 11 is 0. The van der Waals surface area contributed by atoms with Crippen molar-refractivity contribution in [1.29, 1.82) is 0 Å². The van der Waals surface area contributed by atoms with Gasteiger partial charge in [0.05, 0.1) is 0 Å². The monoisotopic (exact) mass is 308 g/mol. The van der Waals surface area contributed by atoms with Crippen molar-refractivity contribution in [1.82, 2.24) is 10.9 Å². The number of carboxylic acid groups (broad SMARTS) is 1.